The number of aromatic nitrogens is 2. The van der Waals surface area contributed by atoms with E-state index in [4.69, 9.17) is 0 Å². The van der Waals surface area contributed by atoms with Crippen LogP contribution in [-0.2, 0) is 16.6 Å². The van der Waals surface area contributed by atoms with Crippen molar-refractivity contribution >= 4 is 15.7 Å². The van der Waals surface area contributed by atoms with Crippen molar-refractivity contribution in [3.63, 3.8) is 0 Å². The number of para-hydroxylation sites is 1. The van der Waals surface area contributed by atoms with Crippen molar-refractivity contribution in [1.82, 2.24) is 15.5 Å². The lowest BCUT2D eigenvalue weighted by atomic mass is 10.2. The Hall–Kier alpha value is -1.86. The number of hydrogen-bond donors (Lipinski definition) is 3. The molecular formula is C11H14N4O2S. The van der Waals surface area contributed by atoms with Crippen molar-refractivity contribution < 1.29 is 8.42 Å². The van der Waals surface area contributed by atoms with Gasteiger partial charge < -0.3 is 5.32 Å². The zero-order chi connectivity index (χ0) is 13.0. The van der Waals surface area contributed by atoms with E-state index in [-0.39, 0.29) is 5.03 Å². The maximum atomic E-state index is 12.0. The Labute approximate surface area is 105 Å². The fourth-order valence-corrected chi connectivity index (χ4v) is 2.57. The summed E-state index contributed by atoms with van der Waals surface area (Å²) in [6.07, 6.45) is 1.40. The number of nitrogens with zero attached hydrogens (tertiary/aromatic N) is 1. The molecule has 0 spiro atoms. The number of aromatic amines is 1. The third-order valence-electron chi connectivity index (χ3n) is 2.39. The third-order valence-corrected chi connectivity index (χ3v) is 3.69. The number of nitrogens with one attached hydrogen (secondary N) is 3. The molecule has 0 unspecified atom stereocenters. The Bertz CT molecular complexity index is 608. The van der Waals surface area contributed by atoms with Gasteiger partial charge in [-0.2, -0.15) is 13.5 Å². The van der Waals surface area contributed by atoms with Gasteiger partial charge in [-0.15, -0.1) is 0 Å². The molecule has 1 aromatic heterocycles. The van der Waals surface area contributed by atoms with Crippen LogP contribution in [0.25, 0.3) is 0 Å². The van der Waals surface area contributed by atoms with E-state index in [1.54, 1.807) is 19.2 Å². The van der Waals surface area contributed by atoms with Crippen molar-refractivity contribution in [2.24, 2.45) is 0 Å². The van der Waals surface area contributed by atoms with Gasteiger partial charge in [-0.25, -0.2) is 0 Å². The lowest BCUT2D eigenvalue weighted by molar-refractivity contribution is 0.597. The SMILES string of the molecule is CNCc1ccccc1NS(=O)(=O)c1ccn[nH]1. The maximum Gasteiger partial charge on any atom is 0.278 e. The van der Waals surface area contributed by atoms with Gasteiger partial charge in [0.2, 0.25) is 0 Å². The van der Waals surface area contributed by atoms with Crippen LogP contribution in [-0.4, -0.2) is 25.7 Å². The summed E-state index contributed by atoms with van der Waals surface area (Å²) in [4.78, 5) is 0. The molecule has 6 nitrogen and oxygen atoms in total. The van der Waals surface area contributed by atoms with Crippen LogP contribution in [0.4, 0.5) is 5.69 Å². The Balaban J connectivity index is 2.29. The van der Waals surface area contributed by atoms with Gasteiger partial charge in [0.25, 0.3) is 10.0 Å². The number of rotatable bonds is 5. The molecule has 18 heavy (non-hydrogen) atoms. The number of hydrogen-bond acceptors (Lipinski definition) is 4. The van der Waals surface area contributed by atoms with E-state index in [9.17, 15) is 8.42 Å². The van der Waals surface area contributed by atoms with E-state index in [2.05, 4.69) is 20.2 Å². The molecule has 0 bridgehead atoms. The second-order valence-electron chi connectivity index (χ2n) is 3.71. The number of anilines is 1. The maximum absolute atomic E-state index is 12.0. The molecule has 2 aromatic rings. The third kappa shape index (κ3) is 2.69. The first-order valence-electron chi connectivity index (χ1n) is 5.38. The van der Waals surface area contributed by atoms with Crippen molar-refractivity contribution in [3.8, 4) is 0 Å². The molecule has 1 aromatic carbocycles. The Kier molecular flexibility index (Phi) is 3.63. The molecule has 0 radical (unpaired) electrons. The molecule has 0 aliphatic heterocycles. The molecule has 0 amide bonds. The summed E-state index contributed by atoms with van der Waals surface area (Å²) in [6, 6.07) is 8.63. The van der Waals surface area contributed by atoms with Crippen molar-refractivity contribution in [3.05, 3.63) is 42.1 Å². The minimum atomic E-state index is -3.61. The van der Waals surface area contributed by atoms with Gasteiger partial charge in [-0.05, 0) is 24.7 Å². The van der Waals surface area contributed by atoms with Crippen LogP contribution < -0.4 is 10.0 Å². The van der Waals surface area contributed by atoms with E-state index in [1.165, 1.54) is 12.3 Å². The van der Waals surface area contributed by atoms with Gasteiger partial charge in [-0.1, -0.05) is 18.2 Å². The highest BCUT2D eigenvalue weighted by molar-refractivity contribution is 7.92. The van der Waals surface area contributed by atoms with E-state index < -0.39 is 10.0 Å². The van der Waals surface area contributed by atoms with Crippen molar-refractivity contribution in [2.45, 2.75) is 11.6 Å². The molecule has 3 N–H and O–H groups in total. The fourth-order valence-electron chi connectivity index (χ4n) is 1.56. The number of benzene rings is 1. The van der Waals surface area contributed by atoms with E-state index in [0.29, 0.717) is 12.2 Å². The molecule has 7 heteroatoms. The highest BCUT2D eigenvalue weighted by Gasteiger charge is 2.16. The normalized spacial score (nSPS) is 11.4. The standard InChI is InChI=1S/C11H14N4O2S/c1-12-8-9-4-2-3-5-10(9)15-18(16,17)11-6-7-13-14-11/h2-7,12,15H,8H2,1H3,(H,13,14). The minimum Gasteiger partial charge on any atom is -0.316 e. The summed E-state index contributed by atoms with van der Waals surface area (Å²) in [5.74, 6) is 0. The first kappa shape index (κ1) is 12.6. The Morgan fingerprint density at radius 1 is 1.28 bits per heavy atom. The summed E-state index contributed by atoms with van der Waals surface area (Å²) in [7, 11) is -1.80. The van der Waals surface area contributed by atoms with Gasteiger partial charge in [0, 0.05) is 6.54 Å². The second-order valence-corrected chi connectivity index (χ2v) is 5.36. The second kappa shape index (κ2) is 5.19. The van der Waals surface area contributed by atoms with Crippen LogP contribution in [0.2, 0.25) is 0 Å². The minimum absolute atomic E-state index is 0.0433. The van der Waals surface area contributed by atoms with Crippen molar-refractivity contribution in [2.75, 3.05) is 11.8 Å². The van der Waals surface area contributed by atoms with Crippen LogP contribution in [0.3, 0.4) is 0 Å². The molecular weight excluding hydrogens is 252 g/mol. The summed E-state index contributed by atoms with van der Waals surface area (Å²) < 4.78 is 26.6. The zero-order valence-corrected chi connectivity index (χ0v) is 10.7. The summed E-state index contributed by atoms with van der Waals surface area (Å²) in [6.45, 7) is 0.585. The molecule has 96 valence electrons. The van der Waals surface area contributed by atoms with Crippen LogP contribution in [0.15, 0.2) is 41.6 Å². The lowest BCUT2D eigenvalue weighted by Crippen LogP contribution is -2.16. The largest absolute Gasteiger partial charge is 0.316 e. The predicted molar refractivity (Wildman–Crippen MR) is 68.6 cm³/mol. The predicted octanol–water partition coefficient (Wildman–Crippen LogP) is 0.930. The monoisotopic (exact) mass is 266 g/mol. The van der Waals surface area contributed by atoms with Crippen LogP contribution in [0.5, 0.6) is 0 Å². The quantitative estimate of drug-likeness (QED) is 0.751. The molecule has 0 aliphatic rings. The highest BCUT2D eigenvalue weighted by atomic mass is 32.2. The summed E-state index contributed by atoms with van der Waals surface area (Å²) in [5, 5.41) is 9.10. The lowest BCUT2D eigenvalue weighted by Gasteiger charge is -2.11. The topological polar surface area (TPSA) is 86.9 Å². The van der Waals surface area contributed by atoms with Gasteiger partial charge in [0.15, 0.2) is 5.03 Å². The van der Waals surface area contributed by atoms with Crippen molar-refractivity contribution in [1.29, 1.82) is 0 Å². The molecule has 2 rings (SSSR count). The van der Waals surface area contributed by atoms with Gasteiger partial charge in [0.1, 0.15) is 0 Å². The molecule has 1 heterocycles. The first-order chi connectivity index (χ1) is 8.63. The van der Waals surface area contributed by atoms with Gasteiger partial charge in [-0.3, -0.25) is 9.82 Å². The number of H-pyrrole nitrogens is 1. The van der Waals surface area contributed by atoms with Crippen LogP contribution >= 0.6 is 0 Å². The highest BCUT2D eigenvalue weighted by Crippen LogP contribution is 2.18. The van der Waals surface area contributed by atoms with Crippen LogP contribution in [0, 0.1) is 0 Å². The van der Waals surface area contributed by atoms with Gasteiger partial charge >= 0.3 is 0 Å². The molecule has 0 atom stereocenters. The average Bonchev–Trinajstić information content (AvgIpc) is 2.86. The molecule has 0 fully saturated rings. The molecule has 0 saturated heterocycles. The number of sulfonamides is 1. The van der Waals surface area contributed by atoms with E-state index >= 15 is 0 Å². The molecule has 0 aliphatic carbocycles. The fraction of sp³-hybridized carbons (Fsp3) is 0.182. The Morgan fingerprint density at radius 2 is 2.06 bits per heavy atom. The Morgan fingerprint density at radius 3 is 2.72 bits per heavy atom. The van der Waals surface area contributed by atoms with Crippen LogP contribution in [0.1, 0.15) is 5.56 Å². The van der Waals surface area contributed by atoms with E-state index in [1.807, 2.05) is 12.1 Å². The molecule has 0 saturated carbocycles. The average molecular weight is 266 g/mol. The summed E-state index contributed by atoms with van der Waals surface area (Å²) in [5.41, 5.74) is 1.43. The smallest absolute Gasteiger partial charge is 0.278 e. The summed E-state index contributed by atoms with van der Waals surface area (Å²) >= 11 is 0. The first-order valence-corrected chi connectivity index (χ1v) is 6.86. The van der Waals surface area contributed by atoms with Gasteiger partial charge in [0.05, 0.1) is 11.9 Å². The zero-order valence-electron chi connectivity index (χ0n) is 9.84. The van der Waals surface area contributed by atoms with E-state index in [0.717, 1.165) is 5.56 Å².